The van der Waals surface area contributed by atoms with Crippen LogP contribution in [0.15, 0.2) is 18.3 Å². The average molecular weight is 251 g/mol. The maximum Gasteiger partial charge on any atom is 0.253 e. The van der Waals surface area contributed by atoms with E-state index in [2.05, 4.69) is 10.3 Å². The molecule has 0 aromatic carbocycles. The minimum atomic E-state index is 0.00709. The fourth-order valence-corrected chi connectivity index (χ4v) is 1.61. The van der Waals surface area contributed by atoms with E-state index >= 15 is 0 Å². The summed E-state index contributed by atoms with van der Waals surface area (Å²) < 4.78 is 4.97. The lowest BCUT2D eigenvalue weighted by atomic mass is 10.2. The molecule has 1 rings (SSSR count). The molecule has 0 radical (unpaired) electrons. The van der Waals surface area contributed by atoms with Crippen LogP contribution in [-0.2, 0) is 4.74 Å². The first kappa shape index (κ1) is 14.4. The van der Waals surface area contributed by atoms with Crippen molar-refractivity contribution in [1.29, 1.82) is 0 Å². The summed E-state index contributed by atoms with van der Waals surface area (Å²) in [6.45, 7) is 4.13. The smallest absolute Gasteiger partial charge is 0.253 e. The van der Waals surface area contributed by atoms with Crippen LogP contribution in [0.25, 0.3) is 0 Å². The van der Waals surface area contributed by atoms with Gasteiger partial charge in [-0.25, -0.2) is 4.98 Å². The monoisotopic (exact) mass is 251 g/mol. The summed E-state index contributed by atoms with van der Waals surface area (Å²) in [6, 6.07) is 3.51. The first-order chi connectivity index (χ1) is 8.69. The molecule has 0 aliphatic carbocycles. The molecule has 0 unspecified atom stereocenters. The summed E-state index contributed by atoms with van der Waals surface area (Å²) in [5.41, 5.74) is 0.654. The Labute approximate surface area is 108 Å². The lowest BCUT2D eigenvalue weighted by Gasteiger charge is -2.17. The largest absolute Gasteiger partial charge is 0.385 e. The van der Waals surface area contributed by atoms with Crippen LogP contribution in [0.1, 0.15) is 23.7 Å². The first-order valence-corrected chi connectivity index (χ1v) is 6.13. The van der Waals surface area contributed by atoms with Crippen LogP contribution in [0.5, 0.6) is 0 Å². The van der Waals surface area contributed by atoms with Crippen molar-refractivity contribution in [1.82, 2.24) is 9.88 Å². The number of nitrogens with one attached hydrogen (secondary N) is 1. The van der Waals surface area contributed by atoms with Crippen molar-refractivity contribution in [3.63, 3.8) is 0 Å². The number of hydrogen-bond donors (Lipinski definition) is 1. The zero-order valence-corrected chi connectivity index (χ0v) is 11.3. The van der Waals surface area contributed by atoms with Crippen LogP contribution in [0.4, 0.5) is 5.82 Å². The molecule has 0 aliphatic heterocycles. The SMILES string of the molecule is CCNc1cc(C(=O)N(C)CCCOC)ccn1. The van der Waals surface area contributed by atoms with E-state index in [1.807, 2.05) is 6.92 Å². The zero-order valence-electron chi connectivity index (χ0n) is 11.3. The molecule has 1 N–H and O–H groups in total. The zero-order chi connectivity index (χ0) is 13.4. The van der Waals surface area contributed by atoms with Crippen LogP contribution in [0.3, 0.4) is 0 Å². The highest BCUT2D eigenvalue weighted by Gasteiger charge is 2.11. The molecule has 1 heterocycles. The molecule has 18 heavy (non-hydrogen) atoms. The van der Waals surface area contributed by atoms with Crippen molar-refractivity contribution < 1.29 is 9.53 Å². The summed E-state index contributed by atoms with van der Waals surface area (Å²) in [5, 5.41) is 3.09. The predicted molar refractivity (Wildman–Crippen MR) is 71.9 cm³/mol. The highest BCUT2D eigenvalue weighted by molar-refractivity contribution is 5.94. The normalized spacial score (nSPS) is 10.2. The number of amides is 1. The molecule has 0 spiro atoms. The van der Waals surface area contributed by atoms with Crippen LogP contribution in [0.2, 0.25) is 0 Å². The summed E-state index contributed by atoms with van der Waals surface area (Å²) in [5.74, 6) is 0.737. The fourth-order valence-electron chi connectivity index (χ4n) is 1.61. The third-order valence-corrected chi connectivity index (χ3v) is 2.55. The summed E-state index contributed by atoms with van der Waals surface area (Å²) in [7, 11) is 3.46. The van der Waals surface area contributed by atoms with Crippen LogP contribution in [0, 0.1) is 0 Å². The molecule has 0 saturated heterocycles. The molecule has 5 nitrogen and oxygen atoms in total. The van der Waals surface area contributed by atoms with Crippen molar-refractivity contribution in [3.05, 3.63) is 23.9 Å². The van der Waals surface area contributed by atoms with Gasteiger partial charge in [0.05, 0.1) is 0 Å². The van der Waals surface area contributed by atoms with Crippen molar-refractivity contribution in [2.45, 2.75) is 13.3 Å². The van der Waals surface area contributed by atoms with Crippen molar-refractivity contribution in [3.8, 4) is 0 Å². The molecule has 5 heteroatoms. The molecular formula is C13H21N3O2. The molecule has 100 valence electrons. The second-order valence-electron chi connectivity index (χ2n) is 4.03. The summed E-state index contributed by atoms with van der Waals surface area (Å²) in [4.78, 5) is 18.0. The molecule has 1 amide bonds. The van der Waals surface area contributed by atoms with Crippen molar-refractivity contribution in [2.75, 3.05) is 39.2 Å². The van der Waals surface area contributed by atoms with E-state index in [1.165, 1.54) is 0 Å². The maximum absolute atomic E-state index is 12.1. The topological polar surface area (TPSA) is 54.5 Å². The van der Waals surface area contributed by atoms with Gasteiger partial charge in [-0.1, -0.05) is 0 Å². The van der Waals surface area contributed by atoms with E-state index in [4.69, 9.17) is 4.74 Å². The van der Waals surface area contributed by atoms with Gasteiger partial charge in [0.15, 0.2) is 0 Å². The first-order valence-electron chi connectivity index (χ1n) is 6.13. The number of pyridine rings is 1. The Hall–Kier alpha value is -1.62. The second kappa shape index (κ2) is 7.66. The third kappa shape index (κ3) is 4.33. The Bertz CT molecular complexity index is 382. The minimum absolute atomic E-state index is 0.00709. The Morgan fingerprint density at radius 2 is 2.33 bits per heavy atom. The quantitative estimate of drug-likeness (QED) is 0.748. The van der Waals surface area contributed by atoms with Crippen molar-refractivity contribution in [2.24, 2.45) is 0 Å². The molecule has 1 aromatic heterocycles. The molecule has 0 bridgehead atoms. The number of carbonyl (C=O) groups excluding carboxylic acids is 1. The number of anilines is 1. The molecule has 0 aliphatic rings. The Kier molecular flexibility index (Phi) is 6.14. The van der Waals surface area contributed by atoms with Crippen LogP contribution < -0.4 is 5.32 Å². The van der Waals surface area contributed by atoms with Gasteiger partial charge in [0.2, 0.25) is 0 Å². The molecule has 1 aromatic rings. The maximum atomic E-state index is 12.1. The third-order valence-electron chi connectivity index (χ3n) is 2.55. The minimum Gasteiger partial charge on any atom is -0.385 e. The second-order valence-corrected chi connectivity index (χ2v) is 4.03. The van der Waals surface area contributed by atoms with Gasteiger partial charge in [-0.15, -0.1) is 0 Å². The number of hydrogen-bond acceptors (Lipinski definition) is 4. The van der Waals surface area contributed by atoms with E-state index < -0.39 is 0 Å². The Morgan fingerprint density at radius 1 is 1.56 bits per heavy atom. The lowest BCUT2D eigenvalue weighted by Crippen LogP contribution is -2.28. The lowest BCUT2D eigenvalue weighted by molar-refractivity contribution is 0.0779. The van der Waals surface area contributed by atoms with E-state index in [0.29, 0.717) is 18.7 Å². The Balaban J connectivity index is 2.62. The van der Waals surface area contributed by atoms with Gasteiger partial charge in [-0.2, -0.15) is 0 Å². The summed E-state index contributed by atoms with van der Waals surface area (Å²) in [6.07, 6.45) is 2.48. The number of ether oxygens (including phenoxy) is 1. The van der Waals surface area contributed by atoms with Gasteiger partial charge in [-0.3, -0.25) is 4.79 Å². The molecule has 0 saturated carbocycles. The van der Waals surface area contributed by atoms with Gasteiger partial charge in [0, 0.05) is 45.6 Å². The molecule has 0 fully saturated rings. The predicted octanol–water partition coefficient (Wildman–Crippen LogP) is 1.62. The fraction of sp³-hybridized carbons (Fsp3) is 0.538. The van der Waals surface area contributed by atoms with Crippen LogP contribution in [-0.4, -0.2) is 49.6 Å². The highest BCUT2D eigenvalue weighted by atomic mass is 16.5. The van der Waals surface area contributed by atoms with E-state index in [1.54, 1.807) is 37.4 Å². The van der Waals surface area contributed by atoms with E-state index in [9.17, 15) is 4.79 Å². The average Bonchev–Trinajstić information content (AvgIpc) is 2.39. The van der Waals surface area contributed by atoms with Gasteiger partial charge < -0.3 is 15.0 Å². The number of carbonyl (C=O) groups is 1. The number of nitrogens with zero attached hydrogens (tertiary/aromatic N) is 2. The van der Waals surface area contributed by atoms with Gasteiger partial charge >= 0.3 is 0 Å². The number of methoxy groups -OCH3 is 1. The number of rotatable bonds is 7. The summed E-state index contributed by atoms with van der Waals surface area (Å²) >= 11 is 0. The Morgan fingerprint density at radius 3 is 3.00 bits per heavy atom. The van der Waals surface area contributed by atoms with E-state index in [-0.39, 0.29) is 5.91 Å². The molecule has 0 atom stereocenters. The van der Waals surface area contributed by atoms with Crippen molar-refractivity contribution >= 4 is 11.7 Å². The van der Waals surface area contributed by atoms with Gasteiger partial charge in [0.1, 0.15) is 5.82 Å². The number of aromatic nitrogens is 1. The van der Waals surface area contributed by atoms with E-state index in [0.717, 1.165) is 18.8 Å². The van der Waals surface area contributed by atoms with Crippen LogP contribution >= 0.6 is 0 Å². The standard InChI is InChI=1S/C13H21N3O2/c1-4-14-12-10-11(6-7-15-12)13(17)16(2)8-5-9-18-3/h6-7,10H,4-5,8-9H2,1-3H3,(H,14,15). The van der Waals surface area contributed by atoms with Gasteiger partial charge in [0.25, 0.3) is 5.91 Å². The highest BCUT2D eigenvalue weighted by Crippen LogP contribution is 2.09. The van der Waals surface area contributed by atoms with Gasteiger partial charge in [-0.05, 0) is 25.5 Å². The molecular weight excluding hydrogens is 230 g/mol.